The van der Waals surface area contributed by atoms with Gasteiger partial charge in [-0.15, -0.1) is 0 Å². The molecule has 4 nitrogen and oxygen atoms in total. The van der Waals surface area contributed by atoms with Crippen molar-refractivity contribution in [2.75, 3.05) is 18.6 Å². The maximum atomic E-state index is 8.84. The molecule has 0 fully saturated rings. The molecular weight excluding hydrogens is 228 g/mol. The van der Waals surface area contributed by atoms with Gasteiger partial charge in [-0.1, -0.05) is 18.2 Å². The SMILES string of the molecule is COc1ccc(N)cc1CO.Nc1ccccc1. The fourth-order valence-corrected chi connectivity index (χ4v) is 1.38. The maximum Gasteiger partial charge on any atom is 0.124 e. The highest BCUT2D eigenvalue weighted by Crippen LogP contribution is 2.20. The Kier molecular flexibility index (Phi) is 5.54. The van der Waals surface area contributed by atoms with Crippen LogP contribution in [0.2, 0.25) is 0 Å². The predicted molar refractivity (Wildman–Crippen MR) is 74.2 cm³/mol. The second kappa shape index (κ2) is 7.19. The van der Waals surface area contributed by atoms with E-state index in [1.54, 1.807) is 25.3 Å². The average molecular weight is 246 g/mol. The first-order valence-corrected chi connectivity index (χ1v) is 5.51. The number of hydrogen-bond acceptors (Lipinski definition) is 4. The summed E-state index contributed by atoms with van der Waals surface area (Å²) in [5, 5.41) is 8.84. The summed E-state index contributed by atoms with van der Waals surface area (Å²) in [6, 6.07) is 14.7. The number of hydrogen-bond donors (Lipinski definition) is 3. The van der Waals surface area contributed by atoms with E-state index in [2.05, 4.69) is 0 Å². The molecule has 96 valence electrons. The Bertz CT molecular complexity index is 472. The standard InChI is InChI=1S/C8H11NO2.C6H7N/c1-11-8-3-2-7(9)4-6(8)5-10;7-6-4-2-1-3-5-6/h2-4,10H,5,9H2,1H3;1-5H,7H2. The van der Waals surface area contributed by atoms with E-state index in [9.17, 15) is 0 Å². The maximum absolute atomic E-state index is 8.84. The molecule has 0 amide bonds. The van der Waals surface area contributed by atoms with Gasteiger partial charge in [0.2, 0.25) is 0 Å². The van der Waals surface area contributed by atoms with Crippen LogP contribution in [0.1, 0.15) is 5.56 Å². The summed E-state index contributed by atoms with van der Waals surface area (Å²) in [6.45, 7) is -0.0474. The normalized spacial score (nSPS) is 9.22. The third-order valence-corrected chi connectivity index (χ3v) is 2.27. The van der Waals surface area contributed by atoms with Crippen molar-refractivity contribution >= 4 is 11.4 Å². The van der Waals surface area contributed by atoms with E-state index >= 15 is 0 Å². The number of ether oxygens (including phenoxy) is 1. The van der Waals surface area contributed by atoms with Gasteiger partial charge in [-0.05, 0) is 30.3 Å². The molecule has 0 aromatic heterocycles. The summed E-state index contributed by atoms with van der Waals surface area (Å²) in [6.07, 6.45) is 0. The molecular formula is C14H18N2O2. The van der Waals surface area contributed by atoms with E-state index in [0.29, 0.717) is 17.0 Å². The number of benzene rings is 2. The first-order chi connectivity index (χ1) is 8.67. The van der Waals surface area contributed by atoms with E-state index in [4.69, 9.17) is 21.3 Å². The number of rotatable bonds is 2. The Morgan fingerprint density at radius 3 is 2.11 bits per heavy atom. The summed E-state index contributed by atoms with van der Waals surface area (Å²) < 4.78 is 4.98. The van der Waals surface area contributed by atoms with Crippen LogP contribution in [0.4, 0.5) is 11.4 Å². The molecule has 4 heteroatoms. The number of para-hydroxylation sites is 1. The molecule has 0 saturated carbocycles. The van der Waals surface area contributed by atoms with Crippen LogP contribution in [0.25, 0.3) is 0 Å². The van der Waals surface area contributed by atoms with Crippen LogP contribution in [0, 0.1) is 0 Å². The van der Waals surface area contributed by atoms with Crippen LogP contribution in [-0.2, 0) is 6.61 Å². The zero-order valence-corrected chi connectivity index (χ0v) is 10.3. The van der Waals surface area contributed by atoms with Gasteiger partial charge in [-0.25, -0.2) is 0 Å². The average Bonchev–Trinajstić information content (AvgIpc) is 2.40. The van der Waals surface area contributed by atoms with Crippen molar-refractivity contribution in [3.8, 4) is 5.75 Å². The highest BCUT2D eigenvalue weighted by Gasteiger charge is 2.00. The molecule has 0 bridgehead atoms. The van der Waals surface area contributed by atoms with Gasteiger partial charge in [0.1, 0.15) is 5.75 Å². The predicted octanol–water partition coefficient (Wildman–Crippen LogP) is 2.04. The second-order valence-electron chi connectivity index (χ2n) is 3.64. The smallest absolute Gasteiger partial charge is 0.124 e. The Morgan fingerprint density at radius 2 is 1.67 bits per heavy atom. The van der Waals surface area contributed by atoms with E-state index in [1.807, 2.05) is 30.3 Å². The van der Waals surface area contributed by atoms with Crippen LogP contribution in [0.5, 0.6) is 5.75 Å². The van der Waals surface area contributed by atoms with Crippen LogP contribution < -0.4 is 16.2 Å². The molecule has 0 spiro atoms. The zero-order valence-electron chi connectivity index (χ0n) is 10.3. The first-order valence-electron chi connectivity index (χ1n) is 5.51. The van der Waals surface area contributed by atoms with Crippen molar-refractivity contribution in [3.63, 3.8) is 0 Å². The Morgan fingerprint density at radius 1 is 1.00 bits per heavy atom. The lowest BCUT2D eigenvalue weighted by Gasteiger charge is -2.05. The number of nitrogens with two attached hydrogens (primary N) is 2. The number of aliphatic hydroxyl groups excluding tert-OH is 1. The van der Waals surface area contributed by atoms with Crippen molar-refractivity contribution in [1.29, 1.82) is 0 Å². The minimum Gasteiger partial charge on any atom is -0.496 e. The van der Waals surface area contributed by atoms with Gasteiger partial charge < -0.3 is 21.3 Å². The molecule has 2 rings (SSSR count). The fraction of sp³-hybridized carbons (Fsp3) is 0.143. The molecule has 5 N–H and O–H groups in total. The number of methoxy groups -OCH3 is 1. The molecule has 2 aromatic carbocycles. The highest BCUT2D eigenvalue weighted by atomic mass is 16.5. The molecule has 0 atom stereocenters. The summed E-state index contributed by atoms with van der Waals surface area (Å²) in [5.41, 5.74) is 13.0. The first kappa shape index (κ1) is 13.9. The second-order valence-corrected chi connectivity index (χ2v) is 3.64. The molecule has 0 heterocycles. The molecule has 18 heavy (non-hydrogen) atoms. The fourth-order valence-electron chi connectivity index (χ4n) is 1.38. The minimum absolute atomic E-state index is 0.0474. The molecule has 0 aliphatic rings. The van der Waals surface area contributed by atoms with Crippen LogP contribution in [0.15, 0.2) is 48.5 Å². The highest BCUT2D eigenvalue weighted by molar-refractivity contribution is 5.47. The lowest BCUT2D eigenvalue weighted by atomic mass is 10.2. The van der Waals surface area contributed by atoms with Gasteiger partial charge in [0, 0.05) is 16.9 Å². The summed E-state index contributed by atoms with van der Waals surface area (Å²) >= 11 is 0. The van der Waals surface area contributed by atoms with Gasteiger partial charge in [-0.3, -0.25) is 0 Å². The van der Waals surface area contributed by atoms with Gasteiger partial charge in [0.05, 0.1) is 13.7 Å². The lowest BCUT2D eigenvalue weighted by molar-refractivity contribution is 0.274. The third-order valence-electron chi connectivity index (χ3n) is 2.27. The number of nitrogen functional groups attached to an aromatic ring is 2. The van der Waals surface area contributed by atoms with E-state index < -0.39 is 0 Å². The summed E-state index contributed by atoms with van der Waals surface area (Å²) in [5.74, 6) is 0.668. The minimum atomic E-state index is -0.0474. The molecule has 0 saturated heterocycles. The Hall–Kier alpha value is -2.20. The summed E-state index contributed by atoms with van der Waals surface area (Å²) in [7, 11) is 1.56. The van der Waals surface area contributed by atoms with Crippen molar-refractivity contribution in [2.45, 2.75) is 6.61 Å². The molecule has 0 radical (unpaired) electrons. The number of aliphatic hydroxyl groups is 1. The molecule has 0 aliphatic heterocycles. The van der Waals surface area contributed by atoms with E-state index in [-0.39, 0.29) is 6.61 Å². The van der Waals surface area contributed by atoms with Gasteiger partial charge in [0.15, 0.2) is 0 Å². The Labute approximate surface area is 107 Å². The van der Waals surface area contributed by atoms with Gasteiger partial charge in [-0.2, -0.15) is 0 Å². The van der Waals surface area contributed by atoms with Crippen molar-refractivity contribution < 1.29 is 9.84 Å². The largest absolute Gasteiger partial charge is 0.496 e. The van der Waals surface area contributed by atoms with Crippen LogP contribution >= 0.6 is 0 Å². The number of anilines is 2. The molecule has 0 aliphatic carbocycles. The van der Waals surface area contributed by atoms with Gasteiger partial charge >= 0.3 is 0 Å². The van der Waals surface area contributed by atoms with E-state index in [1.165, 1.54) is 0 Å². The van der Waals surface area contributed by atoms with Crippen molar-refractivity contribution in [2.24, 2.45) is 0 Å². The monoisotopic (exact) mass is 246 g/mol. The molecule has 2 aromatic rings. The quantitative estimate of drug-likeness (QED) is 0.708. The van der Waals surface area contributed by atoms with Crippen LogP contribution in [-0.4, -0.2) is 12.2 Å². The van der Waals surface area contributed by atoms with E-state index in [0.717, 1.165) is 5.69 Å². The van der Waals surface area contributed by atoms with Crippen LogP contribution in [0.3, 0.4) is 0 Å². The lowest BCUT2D eigenvalue weighted by Crippen LogP contribution is -1.93. The van der Waals surface area contributed by atoms with Crippen molar-refractivity contribution in [1.82, 2.24) is 0 Å². The third kappa shape index (κ3) is 4.35. The Balaban J connectivity index is 0.000000199. The topological polar surface area (TPSA) is 81.5 Å². The van der Waals surface area contributed by atoms with Crippen molar-refractivity contribution in [3.05, 3.63) is 54.1 Å². The zero-order chi connectivity index (χ0) is 13.4. The molecule has 0 unspecified atom stereocenters. The van der Waals surface area contributed by atoms with Gasteiger partial charge in [0.25, 0.3) is 0 Å². The summed E-state index contributed by atoms with van der Waals surface area (Å²) in [4.78, 5) is 0.